The summed E-state index contributed by atoms with van der Waals surface area (Å²) in [7, 11) is 0. The minimum atomic E-state index is -0.810. The van der Waals surface area contributed by atoms with Crippen LogP contribution in [0.25, 0.3) is 0 Å². The Morgan fingerprint density at radius 1 is 0.629 bits per heavy atom. The van der Waals surface area contributed by atoms with Gasteiger partial charge < -0.3 is 10.2 Å². The Morgan fingerprint density at radius 2 is 0.914 bits per heavy atom. The van der Waals surface area contributed by atoms with Gasteiger partial charge in [0.05, 0.1) is 10.8 Å². The maximum Gasteiger partial charge on any atom is 0.309 e. The zero-order valence-corrected chi connectivity index (χ0v) is 22.7. The molecule has 35 heavy (non-hydrogen) atoms. The number of hydrogen-bond acceptors (Lipinski definition) is 6. The Balaban J connectivity index is 1.92. The van der Waals surface area contributed by atoms with Gasteiger partial charge in [-0.05, 0) is 110 Å². The Morgan fingerprint density at radius 3 is 1.20 bits per heavy atom. The average Bonchev–Trinajstić information content (AvgIpc) is 2.72. The smallest absolute Gasteiger partial charge is 0.309 e. The van der Waals surface area contributed by atoms with Gasteiger partial charge in [-0.2, -0.15) is 0 Å². The normalized spacial score (nSPS) is 12.0. The third kappa shape index (κ3) is 9.68. The maximum absolute atomic E-state index is 12.2. The summed E-state index contributed by atoms with van der Waals surface area (Å²) < 4.78 is 0. The van der Waals surface area contributed by atoms with Crippen molar-refractivity contribution in [2.75, 3.05) is 0 Å². The molecule has 2 aromatic rings. The second-order valence-electron chi connectivity index (χ2n) is 10.4. The summed E-state index contributed by atoms with van der Waals surface area (Å²) in [6.07, 6.45) is 6.20. The predicted octanol–water partition coefficient (Wildman–Crippen LogP) is 5.57. The van der Waals surface area contributed by atoms with Crippen molar-refractivity contribution in [3.8, 4) is 0 Å². The average molecular weight is 521 g/mol. The van der Waals surface area contributed by atoms with Crippen LogP contribution >= 0.6 is 22.7 Å². The summed E-state index contributed by atoms with van der Waals surface area (Å²) in [6.45, 7) is 6.87. The third-order valence-corrected chi connectivity index (χ3v) is 8.53. The van der Waals surface area contributed by atoms with E-state index in [2.05, 4.69) is 0 Å². The van der Waals surface area contributed by atoms with E-state index < -0.39 is 22.8 Å². The number of hydrogen-bond donors (Lipinski definition) is 2. The van der Waals surface area contributed by atoms with Crippen LogP contribution in [0.4, 0.5) is 0 Å². The van der Waals surface area contributed by atoms with E-state index in [-0.39, 0.29) is 10.9 Å². The van der Waals surface area contributed by atoms with E-state index in [4.69, 9.17) is 0 Å². The molecule has 0 aliphatic rings. The van der Waals surface area contributed by atoms with Crippen LogP contribution in [0, 0.1) is 10.8 Å². The van der Waals surface area contributed by atoms with Crippen LogP contribution in [0.3, 0.4) is 0 Å². The van der Waals surface area contributed by atoms with Gasteiger partial charge in [0, 0.05) is 19.5 Å². The lowest BCUT2D eigenvalue weighted by Gasteiger charge is -2.18. The molecule has 8 heteroatoms. The van der Waals surface area contributed by atoms with E-state index in [0.29, 0.717) is 38.5 Å². The molecule has 6 nitrogen and oxygen atoms in total. The molecule has 192 valence electrons. The van der Waals surface area contributed by atoms with Crippen LogP contribution in [-0.2, 0) is 35.3 Å². The molecule has 2 rings (SSSR count). The van der Waals surface area contributed by atoms with Gasteiger partial charge in [0.15, 0.2) is 10.9 Å². The predicted molar refractivity (Wildman–Crippen MR) is 142 cm³/mol. The second kappa shape index (κ2) is 12.6. The van der Waals surface area contributed by atoms with E-state index >= 15 is 0 Å². The molecule has 0 bridgehead atoms. The molecule has 0 aliphatic carbocycles. The molecule has 2 N–H and O–H groups in total. The zero-order valence-electron chi connectivity index (χ0n) is 21.0. The summed E-state index contributed by atoms with van der Waals surface area (Å²) in [6, 6.07) is 6.61. The first kappa shape index (κ1) is 28.9. The number of carboxylic acid groups (broad SMARTS) is 2. The number of aliphatic carboxylic acids is 2. The SMILES string of the molecule is CC(C)(CCCc1cc(=O)cc(CCCc2cc(=O)cc(CCCC(C)(C)C(=O)O)s2)s1)C(=O)O. The fourth-order valence-electron chi connectivity index (χ4n) is 3.73. The molecular formula is C27H36O6S2. The third-order valence-electron chi connectivity index (χ3n) is 6.19. The van der Waals surface area contributed by atoms with Crippen molar-refractivity contribution in [1.29, 1.82) is 0 Å². The van der Waals surface area contributed by atoms with Gasteiger partial charge >= 0.3 is 11.9 Å². The van der Waals surface area contributed by atoms with Gasteiger partial charge in [0.2, 0.25) is 0 Å². The zero-order chi connectivity index (χ0) is 26.2. The van der Waals surface area contributed by atoms with Crippen molar-refractivity contribution in [3.05, 3.63) is 64.2 Å². The molecule has 0 fully saturated rings. The summed E-state index contributed by atoms with van der Waals surface area (Å²) >= 11 is 3.20. The first-order chi connectivity index (χ1) is 16.3. The quantitative estimate of drug-likeness (QED) is 0.337. The highest BCUT2D eigenvalue weighted by molar-refractivity contribution is 7.11. The highest BCUT2D eigenvalue weighted by Gasteiger charge is 2.27. The lowest BCUT2D eigenvalue weighted by molar-refractivity contribution is -0.148. The highest BCUT2D eigenvalue weighted by Crippen LogP contribution is 2.26. The fourth-order valence-corrected chi connectivity index (χ4v) is 6.08. The molecule has 0 unspecified atom stereocenters. The first-order valence-electron chi connectivity index (χ1n) is 12.0. The summed E-state index contributed by atoms with van der Waals surface area (Å²) in [5, 5.41) is 18.5. The van der Waals surface area contributed by atoms with Crippen LogP contribution in [-0.4, -0.2) is 22.2 Å². The molecule has 2 aromatic heterocycles. The van der Waals surface area contributed by atoms with Crippen LogP contribution in [0.5, 0.6) is 0 Å². The molecule has 0 atom stereocenters. The summed E-state index contributed by atoms with van der Waals surface area (Å²) in [4.78, 5) is 50.8. The monoisotopic (exact) mass is 520 g/mol. The number of aryl methyl sites for hydroxylation is 4. The van der Waals surface area contributed by atoms with E-state index in [1.807, 2.05) is 0 Å². The van der Waals surface area contributed by atoms with Gasteiger partial charge in [-0.25, -0.2) is 0 Å². The molecular weight excluding hydrogens is 484 g/mol. The molecule has 0 aliphatic heterocycles. The Labute approximate surface area is 214 Å². The van der Waals surface area contributed by atoms with Crippen LogP contribution in [0.1, 0.15) is 79.3 Å². The largest absolute Gasteiger partial charge is 0.481 e. The van der Waals surface area contributed by atoms with Gasteiger partial charge in [-0.1, -0.05) is 0 Å². The van der Waals surface area contributed by atoms with E-state index in [9.17, 15) is 29.4 Å². The van der Waals surface area contributed by atoms with Crippen LogP contribution in [0.15, 0.2) is 33.9 Å². The number of rotatable bonds is 14. The van der Waals surface area contributed by atoms with Crippen LogP contribution < -0.4 is 10.9 Å². The molecule has 0 spiro atoms. The lowest BCUT2D eigenvalue weighted by atomic mass is 9.87. The van der Waals surface area contributed by atoms with Gasteiger partial charge in [-0.3, -0.25) is 19.2 Å². The second-order valence-corrected chi connectivity index (χ2v) is 12.9. The number of carboxylic acids is 2. The van der Waals surface area contributed by atoms with Crippen molar-refractivity contribution in [2.24, 2.45) is 10.8 Å². The highest BCUT2D eigenvalue weighted by atomic mass is 32.1. The van der Waals surface area contributed by atoms with Crippen molar-refractivity contribution in [2.45, 2.75) is 85.5 Å². The standard InChI is InChI=1S/C27H36O6S2/c1-26(2,24(30)31)12-6-10-22-16-18(28)14-20(34-22)8-5-9-21-15-19(29)17-23(35-21)11-7-13-27(3,4)25(32)33/h14-17H,5-13H2,1-4H3,(H,30,31)(H,32,33). The van der Waals surface area contributed by atoms with Crippen molar-refractivity contribution >= 4 is 34.6 Å². The van der Waals surface area contributed by atoms with E-state index in [0.717, 1.165) is 38.8 Å². The molecule has 0 amide bonds. The summed E-state index contributed by atoms with van der Waals surface area (Å²) in [5.41, 5.74) is -1.60. The Bertz CT molecular complexity index is 1050. The molecule has 0 aromatic carbocycles. The maximum atomic E-state index is 12.2. The van der Waals surface area contributed by atoms with Crippen molar-refractivity contribution in [3.63, 3.8) is 0 Å². The van der Waals surface area contributed by atoms with Crippen molar-refractivity contribution in [1.82, 2.24) is 0 Å². The molecule has 0 saturated heterocycles. The summed E-state index contributed by atoms with van der Waals surface area (Å²) in [5.74, 6) is -1.62. The van der Waals surface area contributed by atoms with Crippen LogP contribution in [0.2, 0.25) is 0 Å². The Kier molecular flexibility index (Phi) is 10.4. The minimum Gasteiger partial charge on any atom is -0.481 e. The van der Waals surface area contributed by atoms with Gasteiger partial charge in [-0.15, -0.1) is 22.7 Å². The topological polar surface area (TPSA) is 109 Å². The molecule has 0 radical (unpaired) electrons. The first-order valence-corrected chi connectivity index (χ1v) is 13.6. The minimum absolute atomic E-state index is 0.0258. The van der Waals surface area contributed by atoms with E-state index in [1.54, 1.807) is 74.6 Å². The Hall–Kier alpha value is -2.32. The van der Waals surface area contributed by atoms with E-state index in [1.165, 1.54) is 0 Å². The van der Waals surface area contributed by atoms with Gasteiger partial charge in [0.1, 0.15) is 0 Å². The van der Waals surface area contributed by atoms with Crippen molar-refractivity contribution < 1.29 is 19.8 Å². The molecule has 2 heterocycles. The van der Waals surface area contributed by atoms with Gasteiger partial charge in [0.25, 0.3) is 0 Å². The molecule has 0 saturated carbocycles. The number of carbonyl (C=O) groups is 2. The fraction of sp³-hybridized carbons (Fsp3) is 0.556. The lowest BCUT2D eigenvalue weighted by Crippen LogP contribution is -2.23.